The average molecular weight is 481 g/mol. The standard InChI is InChI=1S/C23H20Cl3NO4/c1-28-22-9-15(11-27-10-14-5-6-20-21(8-14)31-13-30-20)7-19(26)23(22)29-12-16-17(24)3-2-4-18(16)25/h2-9,27H,10-13H2,1H3. The predicted molar refractivity (Wildman–Crippen MR) is 122 cm³/mol. The summed E-state index contributed by atoms with van der Waals surface area (Å²) >= 11 is 18.9. The second-order valence-electron chi connectivity index (χ2n) is 6.89. The summed E-state index contributed by atoms with van der Waals surface area (Å²) in [6.45, 7) is 1.71. The van der Waals surface area contributed by atoms with Crippen molar-refractivity contribution in [3.8, 4) is 23.0 Å². The van der Waals surface area contributed by atoms with Gasteiger partial charge in [0.25, 0.3) is 0 Å². The summed E-state index contributed by atoms with van der Waals surface area (Å²) < 4.78 is 22.2. The summed E-state index contributed by atoms with van der Waals surface area (Å²) in [5.41, 5.74) is 2.75. The van der Waals surface area contributed by atoms with E-state index in [1.54, 1.807) is 25.3 Å². The van der Waals surface area contributed by atoms with E-state index in [1.165, 1.54) is 0 Å². The van der Waals surface area contributed by atoms with Crippen LogP contribution in [0.2, 0.25) is 15.1 Å². The maximum Gasteiger partial charge on any atom is 0.231 e. The van der Waals surface area contributed by atoms with E-state index in [0.717, 1.165) is 22.6 Å². The number of benzene rings is 3. The molecular weight excluding hydrogens is 461 g/mol. The van der Waals surface area contributed by atoms with Crippen molar-refractivity contribution >= 4 is 34.8 Å². The van der Waals surface area contributed by atoms with E-state index >= 15 is 0 Å². The van der Waals surface area contributed by atoms with Gasteiger partial charge in [-0.1, -0.05) is 46.9 Å². The van der Waals surface area contributed by atoms with Crippen molar-refractivity contribution in [2.75, 3.05) is 13.9 Å². The minimum absolute atomic E-state index is 0.177. The smallest absolute Gasteiger partial charge is 0.231 e. The molecule has 0 fully saturated rings. The van der Waals surface area contributed by atoms with Crippen molar-refractivity contribution in [3.05, 3.63) is 80.3 Å². The van der Waals surface area contributed by atoms with Crippen LogP contribution in [0.3, 0.4) is 0 Å². The van der Waals surface area contributed by atoms with Crippen LogP contribution in [0.25, 0.3) is 0 Å². The predicted octanol–water partition coefficient (Wildman–Crippen LogP) is 6.25. The Hall–Kier alpha value is -2.31. The van der Waals surface area contributed by atoms with E-state index in [9.17, 15) is 0 Å². The van der Waals surface area contributed by atoms with Crippen molar-refractivity contribution in [2.24, 2.45) is 0 Å². The Balaban J connectivity index is 1.41. The van der Waals surface area contributed by atoms with Gasteiger partial charge < -0.3 is 24.3 Å². The lowest BCUT2D eigenvalue weighted by atomic mass is 10.1. The molecule has 8 heteroatoms. The Morgan fingerprint density at radius 2 is 1.61 bits per heavy atom. The number of ether oxygens (including phenoxy) is 4. The van der Waals surface area contributed by atoms with Crippen molar-refractivity contribution in [1.82, 2.24) is 5.32 Å². The van der Waals surface area contributed by atoms with Crippen molar-refractivity contribution < 1.29 is 18.9 Å². The normalized spacial score (nSPS) is 12.1. The van der Waals surface area contributed by atoms with E-state index in [1.807, 2.05) is 30.3 Å². The molecule has 1 N–H and O–H groups in total. The molecule has 1 aliphatic rings. The minimum atomic E-state index is 0.177. The van der Waals surface area contributed by atoms with Gasteiger partial charge in [-0.3, -0.25) is 0 Å². The van der Waals surface area contributed by atoms with E-state index < -0.39 is 0 Å². The van der Waals surface area contributed by atoms with Crippen LogP contribution in [0.4, 0.5) is 0 Å². The van der Waals surface area contributed by atoms with Gasteiger partial charge in [0, 0.05) is 28.7 Å². The summed E-state index contributed by atoms with van der Waals surface area (Å²) in [5, 5.41) is 4.91. The molecule has 0 radical (unpaired) electrons. The molecule has 3 aromatic rings. The number of fused-ring (bicyclic) bond motifs is 1. The third-order valence-corrected chi connectivity index (χ3v) is 5.80. The molecule has 0 saturated carbocycles. The van der Waals surface area contributed by atoms with Crippen LogP contribution in [0.5, 0.6) is 23.0 Å². The van der Waals surface area contributed by atoms with Crippen LogP contribution in [0.1, 0.15) is 16.7 Å². The molecule has 4 rings (SSSR count). The molecule has 0 unspecified atom stereocenters. The van der Waals surface area contributed by atoms with Crippen LogP contribution in [0.15, 0.2) is 48.5 Å². The topological polar surface area (TPSA) is 49.0 Å². The van der Waals surface area contributed by atoms with Gasteiger partial charge in [0.2, 0.25) is 6.79 Å². The molecular formula is C23H20Cl3NO4. The number of methoxy groups -OCH3 is 1. The molecule has 0 amide bonds. The lowest BCUT2D eigenvalue weighted by Crippen LogP contribution is -2.13. The average Bonchev–Trinajstić information content (AvgIpc) is 3.22. The SMILES string of the molecule is COc1cc(CNCc2ccc3c(c2)OCO3)cc(Cl)c1OCc1c(Cl)cccc1Cl. The van der Waals surface area contributed by atoms with Crippen LogP contribution < -0.4 is 24.3 Å². The van der Waals surface area contributed by atoms with E-state index in [4.69, 9.17) is 53.8 Å². The maximum absolute atomic E-state index is 6.49. The largest absolute Gasteiger partial charge is 0.493 e. The lowest BCUT2D eigenvalue weighted by Gasteiger charge is -2.16. The maximum atomic E-state index is 6.49. The molecule has 3 aromatic carbocycles. The van der Waals surface area contributed by atoms with Gasteiger partial charge >= 0.3 is 0 Å². The summed E-state index contributed by atoms with van der Waals surface area (Å²) in [6, 6.07) is 14.9. The zero-order chi connectivity index (χ0) is 21.8. The van der Waals surface area contributed by atoms with E-state index in [-0.39, 0.29) is 13.4 Å². The monoisotopic (exact) mass is 479 g/mol. The summed E-state index contributed by atoms with van der Waals surface area (Å²) in [5.74, 6) is 2.52. The Morgan fingerprint density at radius 3 is 2.39 bits per heavy atom. The van der Waals surface area contributed by atoms with Gasteiger partial charge in [-0.25, -0.2) is 0 Å². The van der Waals surface area contributed by atoms with E-state index in [0.29, 0.717) is 45.2 Å². The molecule has 0 aromatic heterocycles. The number of hydrogen-bond donors (Lipinski definition) is 1. The molecule has 1 aliphatic heterocycles. The number of halogens is 3. The fourth-order valence-electron chi connectivity index (χ4n) is 3.23. The first-order valence-corrected chi connectivity index (χ1v) is 10.7. The highest BCUT2D eigenvalue weighted by Gasteiger charge is 2.15. The molecule has 162 valence electrons. The first-order chi connectivity index (χ1) is 15.0. The first-order valence-electron chi connectivity index (χ1n) is 9.56. The third-order valence-electron chi connectivity index (χ3n) is 4.81. The van der Waals surface area contributed by atoms with Crippen LogP contribution in [-0.4, -0.2) is 13.9 Å². The molecule has 0 saturated heterocycles. The number of nitrogens with one attached hydrogen (secondary N) is 1. The Morgan fingerprint density at radius 1 is 0.871 bits per heavy atom. The van der Waals surface area contributed by atoms with E-state index in [2.05, 4.69) is 5.32 Å². The Kier molecular flexibility index (Phi) is 6.98. The van der Waals surface area contributed by atoms with Gasteiger partial charge in [0.1, 0.15) is 6.61 Å². The number of hydrogen-bond acceptors (Lipinski definition) is 5. The first kappa shape index (κ1) is 21.9. The quantitative estimate of drug-likeness (QED) is 0.413. The Bertz CT molecular complexity index is 1070. The van der Waals surface area contributed by atoms with Crippen LogP contribution in [-0.2, 0) is 19.7 Å². The highest BCUT2D eigenvalue weighted by Crippen LogP contribution is 2.38. The molecule has 31 heavy (non-hydrogen) atoms. The Labute approximate surface area is 195 Å². The van der Waals surface area contributed by atoms with Gasteiger partial charge in [-0.05, 0) is 47.5 Å². The molecule has 0 atom stereocenters. The highest BCUT2D eigenvalue weighted by atomic mass is 35.5. The molecule has 0 bridgehead atoms. The van der Waals surface area contributed by atoms with Gasteiger partial charge in [0.05, 0.1) is 12.1 Å². The van der Waals surface area contributed by atoms with Crippen LogP contribution >= 0.6 is 34.8 Å². The minimum Gasteiger partial charge on any atom is -0.493 e. The fourth-order valence-corrected chi connectivity index (χ4v) is 4.03. The van der Waals surface area contributed by atoms with Crippen molar-refractivity contribution in [1.29, 1.82) is 0 Å². The highest BCUT2D eigenvalue weighted by molar-refractivity contribution is 6.36. The number of rotatable bonds is 8. The van der Waals surface area contributed by atoms with Crippen molar-refractivity contribution in [3.63, 3.8) is 0 Å². The molecule has 0 aliphatic carbocycles. The summed E-state index contributed by atoms with van der Waals surface area (Å²) in [6.07, 6.45) is 0. The van der Waals surface area contributed by atoms with Gasteiger partial charge in [0.15, 0.2) is 23.0 Å². The van der Waals surface area contributed by atoms with Gasteiger partial charge in [-0.15, -0.1) is 0 Å². The third kappa shape index (κ3) is 5.13. The summed E-state index contributed by atoms with van der Waals surface area (Å²) in [7, 11) is 1.57. The molecule has 0 spiro atoms. The van der Waals surface area contributed by atoms with Gasteiger partial charge in [-0.2, -0.15) is 0 Å². The summed E-state index contributed by atoms with van der Waals surface area (Å²) in [4.78, 5) is 0. The van der Waals surface area contributed by atoms with Crippen LogP contribution in [0, 0.1) is 0 Å². The van der Waals surface area contributed by atoms with Crippen molar-refractivity contribution in [2.45, 2.75) is 19.7 Å². The molecule has 5 nitrogen and oxygen atoms in total. The lowest BCUT2D eigenvalue weighted by molar-refractivity contribution is 0.174. The fraction of sp³-hybridized carbons (Fsp3) is 0.217. The second kappa shape index (κ2) is 9.88. The molecule has 1 heterocycles. The second-order valence-corrected chi connectivity index (χ2v) is 8.11. The zero-order valence-electron chi connectivity index (χ0n) is 16.7. The zero-order valence-corrected chi connectivity index (χ0v) is 19.0.